The highest BCUT2D eigenvalue weighted by molar-refractivity contribution is 5.91. The van der Waals surface area contributed by atoms with E-state index >= 15 is 0 Å². The molecule has 1 aromatic carbocycles. The Balaban J connectivity index is 2.39. The Morgan fingerprint density at radius 1 is 1.08 bits per heavy atom. The molecule has 0 heterocycles. The van der Waals surface area contributed by atoms with Gasteiger partial charge in [-0.05, 0) is 38.5 Å². The second kappa shape index (κ2) is 9.66. The summed E-state index contributed by atoms with van der Waals surface area (Å²) < 4.78 is 5.09. The summed E-state index contributed by atoms with van der Waals surface area (Å²) in [6.07, 6.45) is 0.0193. The van der Waals surface area contributed by atoms with Crippen molar-refractivity contribution in [3.05, 3.63) is 29.8 Å². The Kier molecular flexibility index (Phi) is 7.91. The van der Waals surface area contributed by atoms with Gasteiger partial charge in [0.15, 0.2) is 0 Å². The minimum absolute atomic E-state index is 0.0253. The van der Waals surface area contributed by atoms with Gasteiger partial charge in [0.25, 0.3) is 0 Å². The molecule has 3 N–H and O–H groups in total. The molecule has 0 radical (unpaired) electrons. The first-order valence-electron chi connectivity index (χ1n) is 8.32. The molecule has 7 heteroatoms. The normalized spacial score (nSPS) is 10.7. The number of benzene rings is 1. The quantitative estimate of drug-likeness (QED) is 0.705. The fraction of sp³-hybridized carbons (Fsp3) is 0.500. The third-order valence-corrected chi connectivity index (χ3v) is 3.04. The Bertz CT molecular complexity index is 609. The first-order valence-corrected chi connectivity index (χ1v) is 8.32. The summed E-state index contributed by atoms with van der Waals surface area (Å²) in [4.78, 5) is 34.7. The van der Waals surface area contributed by atoms with Gasteiger partial charge >= 0.3 is 6.09 Å². The van der Waals surface area contributed by atoms with Crippen LogP contribution in [0.3, 0.4) is 0 Å². The van der Waals surface area contributed by atoms with Crippen molar-refractivity contribution in [3.63, 3.8) is 0 Å². The predicted octanol–water partition coefficient (Wildman–Crippen LogP) is 2.57. The summed E-state index contributed by atoms with van der Waals surface area (Å²) in [5.41, 5.74) is 0.969. The molecule has 25 heavy (non-hydrogen) atoms. The molecule has 0 atom stereocenters. The summed E-state index contributed by atoms with van der Waals surface area (Å²) in [6, 6.07) is 7.25. The first-order chi connectivity index (χ1) is 11.7. The van der Waals surface area contributed by atoms with Crippen LogP contribution in [0, 0.1) is 0 Å². The van der Waals surface area contributed by atoms with E-state index in [9.17, 15) is 14.4 Å². The molecule has 0 bridgehead atoms. The van der Waals surface area contributed by atoms with E-state index in [0.717, 1.165) is 5.56 Å². The topological polar surface area (TPSA) is 96.5 Å². The zero-order valence-corrected chi connectivity index (χ0v) is 15.3. The summed E-state index contributed by atoms with van der Waals surface area (Å²) in [5.74, 6) is -0.242. The van der Waals surface area contributed by atoms with Crippen molar-refractivity contribution < 1.29 is 19.1 Å². The molecule has 0 aromatic heterocycles. The van der Waals surface area contributed by atoms with Gasteiger partial charge in [-0.15, -0.1) is 0 Å². The zero-order chi connectivity index (χ0) is 18.9. The van der Waals surface area contributed by atoms with Crippen molar-refractivity contribution >= 4 is 23.6 Å². The molecule has 0 aliphatic carbocycles. The Morgan fingerprint density at radius 3 is 2.44 bits per heavy atom. The van der Waals surface area contributed by atoms with Crippen molar-refractivity contribution in [1.82, 2.24) is 10.6 Å². The van der Waals surface area contributed by atoms with E-state index in [-0.39, 0.29) is 24.8 Å². The van der Waals surface area contributed by atoms with Crippen LogP contribution in [0.1, 0.15) is 46.1 Å². The van der Waals surface area contributed by atoms with E-state index in [0.29, 0.717) is 18.7 Å². The van der Waals surface area contributed by atoms with Gasteiger partial charge in [-0.1, -0.05) is 19.1 Å². The molecule has 0 saturated carbocycles. The Hall–Kier alpha value is -2.57. The van der Waals surface area contributed by atoms with Gasteiger partial charge < -0.3 is 20.7 Å². The van der Waals surface area contributed by atoms with Crippen LogP contribution in [-0.4, -0.2) is 30.1 Å². The Morgan fingerprint density at radius 2 is 1.80 bits per heavy atom. The lowest BCUT2D eigenvalue weighted by atomic mass is 10.2. The molecule has 0 aliphatic heterocycles. The lowest BCUT2D eigenvalue weighted by Gasteiger charge is -2.19. The number of ether oxygens (including phenoxy) is 1. The van der Waals surface area contributed by atoms with Crippen LogP contribution in [0.4, 0.5) is 10.5 Å². The zero-order valence-electron chi connectivity index (χ0n) is 15.3. The van der Waals surface area contributed by atoms with Crippen molar-refractivity contribution in [2.45, 2.75) is 52.7 Å². The number of hydrogen-bond donors (Lipinski definition) is 3. The van der Waals surface area contributed by atoms with Gasteiger partial charge in [-0.3, -0.25) is 9.59 Å². The first kappa shape index (κ1) is 20.5. The van der Waals surface area contributed by atoms with E-state index in [1.807, 2.05) is 12.1 Å². The van der Waals surface area contributed by atoms with E-state index in [1.54, 1.807) is 39.8 Å². The van der Waals surface area contributed by atoms with Crippen LogP contribution in [-0.2, 0) is 20.9 Å². The van der Waals surface area contributed by atoms with Gasteiger partial charge in [0.05, 0.1) is 0 Å². The number of nitrogens with one attached hydrogen (secondary N) is 3. The van der Waals surface area contributed by atoms with E-state index in [4.69, 9.17) is 4.74 Å². The number of carbonyl (C=O) groups is 3. The van der Waals surface area contributed by atoms with Gasteiger partial charge in [0.2, 0.25) is 11.8 Å². The monoisotopic (exact) mass is 349 g/mol. The second-order valence-corrected chi connectivity index (χ2v) is 6.56. The largest absolute Gasteiger partial charge is 0.444 e. The van der Waals surface area contributed by atoms with E-state index < -0.39 is 11.7 Å². The maximum atomic E-state index is 11.9. The molecule has 0 aliphatic rings. The average molecular weight is 349 g/mol. The lowest BCUT2D eigenvalue weighted by molar-refractivity contribution is -0.121. The second-order valence-electron chi connectivity index (χ2n) is 6.56. The van der Waals surface area contributed by atoms with Gasteiger partial charge in [-0.25, -0.2) is 4.79 Å². The molecule has 3 amide bonds. The van der Waals surface area contributed by atoms with E-state index in [1.165, 1.54) is 0 Å². The number of hydrogen-bond acceptors (Lipinski definition) is 4. The standard InChI is InChI=1S/C18H27N3O4/c1-5-15(22)20-12-13-7-6-8-14(11-13)21-16(23)9-10-19-17(24)25-18(2,3)4/h6-8,11H,5,9-10,12H2,1-4H3,(H,19,24)(H,20,22)(H,21,23). The highest BCUT2D eigenvalue weighted by atomic mass is 16.6. The maximum Gasteiger partial charge on any atom is 0.407 e. The van der Waals surface area contributed by atoms with Crippen LogP contribution in [0.2, 0.25) is 0 Å². The minimum Gasteiger partial charge on any atom is -0.444 e. The molecule has 1 aromatic rings. The highest BCUT2D eigenvalue weighted by Crippen LogP contribution is 2.11. The fourth-order valence-electron chi connectivity index (χ4n) is 1.90. The molecular weight excluding hydrogens is 322 g/mol. The van der Waals surface area contributed by atoms with Crippen molar-refractivity contribution in [3.8, 4) is 0 Å². The molecule has 0 spiro atoms. The summed E-state index contributed by atoms with van der Waals surface area (Å²) >= 11 is 0. The minimum atomic E-state index is -0.569. The van der Waals surface area contributed by atoms with Crippen molar-refractivity contribution in [2.75, 3.05) is 11.9 Å². The van der Waals surface area contributed by atoms with Crippen LogP contribution in [0.25, 0.3) is 0 Å². The molecule has 0 unspecified atom stereocenters. The average Bonchev–Trinajstić information content (AvgIpc) is 2.51. The third-order valence-electron chi connectivity index (χ3n) is 3.04. The SMILES string of the molecule is CCC(=O)NCc1cccc(NC(=O)CCNC(=O)OC(C)(C)C)c1. The van der Waals surface area contributed by atoms with Crippen LogP contribution < -0.4 is 16.0 Å². The number of alkyl carbamates (subject to hydrolysis) is 1. The number of amides is 3. The lowest BCUT2D eigenvalue weighted by Crippen LogP contribution is -2.34. The third kappa shape index (κ3) is 9.34. The number of carbonyl (C=O) groups excluding carboxylic acids is 3. The molecular formula is C18H27N3O4. The molecule has 138 valence electrons. The summed E-state index contributed by atoms with van der Waals surface area (Å²) in [5, 5.41) is 8.08. The fourth-order valence-corrected chi connectivity index (χ4v) is 1.90. The maximum absolute atomic E-state index is 11.9. The molecule has 1 rings (SSSR count). The number of anilines is 1. The molecule has 0 saturated heterocycles. The molecule has 7 nitrogen and oxygen atoms in total. The molecule has 0 fully saturated rings. The Labute approximate surface area is 148 Å². The van der Waals surface area contributed by atoms with Crippen molar-refractivity contribution in [1.29, 1.82) is 0 Å². The predicted molar refractivity (Wildman–Crippen MR) is 96.1 cm³/mol. The van der Waals surface area contributed by atoms with Crippen LogP contribution in [0.15, 0.2) is 24.3 Å². The summed E-state index contributed by atoms with van der Waals surface area (Å²) in [7, 11) is 0. The van der Waals surface area contributed by atoms with E-state index in [2.05, 4.69) is 16.0 Å². The van der Waals surface area contributed by atoms with Crippen molar-refractivity contribution in [2.24, 2.45) is 0 Å². The van der Waals surface area contributed by atoms with Gasteiger partial charge in [0.1, 0.15) is 5.60 Å². The van der Waals surface area contributed by atoms with Crippen LogP contribution >= 0.6 is 0 Å². The van der Waals surface area contributed by atoms with Crippen LogP contribution in [0.5, 0.6) is 0 Å². The number of rotatable bonds is 7. The highest BCUT2D eigenvalue weighted by Gasteiger charge is 2.15. The van der Waals surface area contributed by atoms with Gasteiger partial charge in [-0.2, -0.15) is 0 Å². The van der Waals surface area contributed by atoms with Gasteiger partial charge in [0, 0.05) is 31.6 Å². The smallest absolute Gasteiger partial charge is 0.407 e. The summed E-state index contributed by atoms with van der Waals surface area (Å²) in [6.45, 7) is 7.71.